The average molecular weight is 359 g/mol. The fourth-order valence-electron chi connectivity index (χ4n) is 2.32. The van der Waals surface area contributed by atoms with Crippen molar-refractivity contribution in [1.29, 1.82) is 0 Å². The van der Waals surface area contributed by atoms with Crippen LogP contribution in [-0.2, 0) is 0 Å². The van der Waals surface area contributed by atoms with Gasteiger partial charge in [0.2, 0.25) is 0 Å². The van der Waals surface area contributed by atoms with Crippen LogP contribution in [0.25, 0.3) is 5.69 Å². The van der Waals surface area contributed by atoms with Crippen molar-refractivity contribution in [3.8, 4) is 17.2 Å². The van der Waals surface area contributed by atoms with Gasteiger partial charge in [0.05, 0.1) is 19.0 Å². The second-order valence-corrected chi connectivity index (χ2v) is 5.19. The molecule has 0 fully saturated rings. The molecule has 1 heterocycles. The van der Waals surface area contributed by atoms with Crippen LogP contribution in [0.3, 0.4) is 0 Å². The fraction of sp³-hybridized carbons (Fsp3) is 0.111. The number of benzene rings is 2. The minimum absolute atomic E-state index is 0.0559. The Hall–Kier alpha value is -3.42. The molecule has 3 aromatic rings. The maximum atomic E-state index is 12.5. The van der Waals surface area contributed by atoms with Crippen LogP contribution in [0.2, 0.25) is 0 Å². The van der Waals surface area contributed by atoms with E-state index in [0.717, 1.165) is 5.69 Å². The molecule has 0 saturated carbocycles. The predicted molar refractivity (Wildman–Crippen MR) is 91.1 cm³/mol. The van der Waals surface area contributed by atoms with Crippen molar-refractivity contribution in [2.75, 3.05) is 12.4 Å². The normalized spacial score (nSPS) is 10.6. The summed E-state index contributed by atoms with van der Waals surface area (Å²) in [5.74, 6) is -0.309. The third-order valence-corrected chi connectivity index (χ3v) is 3.45. The molecule has 1 amide bonds. The van der Waals surface area contributed by atoms with Crippen LogP contribution in [0.15, 0.2) is 60.8 Å². The number of rotatable bonds is 6. The van der Waals surface area contributed by atoms with E-state index in [1.54, 1.807) is 12.3 Å². The van der Waals surface area contributed by atoms with Crippen molar-refractivity contribution in [1.82, 2.24) is 9.78 Å². The van der Waals surface area contributed by atoms with Crippen molar-refractivity contribution in [2.24, 2.45) is 0 Å². The topological polar surface area (TPSA) is 65.4 Å². The Labute approximate surface area is 148 Å². The zero-order chi connectivity index (χ0) is 18.5. The number of carbonyl (C=O) groups excluding carboxylic acids is 1. The van der Waals surface area contributed by atoms with Gasteiger partial charge in [-0.15, -0.1) is 0 Å². The third kappa shape index (κ3) is 3.97. The molecule has 0 unspecified atom stereocenters. The maximum absolute atomic E-state index is 12.5. The van der Waals surface area contributed by atoms with E-state index in [1.165, 1.54) is 30.0 Å². The predicted octanol–water partition coefficient (Wildman–Crippen LogP) is 3.73. The number of alkyl halides is 2. The summed E-state index contributed by atoms with van der Waals surface area (Å²) in [5, 5.41) is 6.84. The molecule has 1 N–H and O–H groups in total. The quantitative estimate of drug-likeness (QED) is 0.728. The third-order valence-electron chi connectivity index (χ3n) is 3.45. The van der Waals surface area contributed by atoms with Crippen molar-refractivity contribution in [3.63, 3.8) is 0 Å². The van der Waals surface area contributed by atoms with Crippen LogP contribution in [0.1, 0.15) is 10.5 Å². The highest BCUT2D eigenvalue weighted by Crippen LogP contribution is 2.23. The summed E-state index contributed by atoms with van der Waals surface area (Å²) in [6.45, 7) is -2.94. The first-order valence-corrected chi connectivity index (χ1v) is 7.62. The molecule has 0 aliphatic heterocycles. The second kappa shape index (κ2) is 7.64. The van der Waals surface area contributed by atoms with Crippen LogP contribution >= 0.6 is 0 Å². The molecule has 1 aromatic heterocycles. The van der Waals surface area contributed by atoms with Crippen molar-refractivity contribution in [3.05, 3.63) is 66.5 Å². The number of amides is 1. The first-order chi connectivity index (χ1) is 12.6. The molecule has 6 nitrogen and oxygen atoms in total. The Morgan fingerprint density at radius 1 is 1.15 bits per heavy atom. The van der Waals surface area contributed by atoms with Gasteiger partial charge < -0.3 is 14.8 Å². The summed E-state index contributed by atoms with van der Waals surface area (Å²) in [6.07, 6.45) is 1.58. The number of aromatic nitrogens is 2. The summed E-state index contributed by atoms with van der Waals surface area (Å²) < 4.78 is 35.7. The molecule has 134 valence electrons. The summed E-state index contributed by atoms with van der Waals surface area (Å²) in [5.41, 5.74) is 1.12. The molecule has 2 aromatic carbocycles. The number of carbonyl (C=O) groups is 1. The molecule has 26 heavy (non-hydrogen) atoms. The van der Waals surface area contributed by atoms with Crippen LogP contribution in [0.5, 0.6) is 11.5 Å². The molecule has 0 atom stereocenters. The van der Waals surface area contributed by atoms with Gasteiger partial charge in [0.1, 0.15) is 5.75 Å². The molecule has 0 aliphatic carbocycles. The van der Waals surface area contributed by atoms with Gasteiger partial charge in [0.25, 0.3) is 5.91 Å². The largest absolute Gasteiger partial charge is 0.493 e. The van der Waals surface area contributed by atoms with Gasteiger partial charge in [-0.2, -0.15) is 13.9 Å². The smallest absolute Gasteiger partial charge is 0.387 e. The summed E-state index contributed by atoms with van der Waals surface area (Å²) >= 11 is 0. The first kappa shape index (κ1) is 17.4. The van der Waals surface area contributed by atoms with Crippen molar-refractivity contribution >= 4 is 11.6 Å². The zero-order valence-corrected chi connectivity index (χ0v) is 13.7. The van der Waals surface area contributed by atoms with E-state index in [1.807, 2.05) is 30.3 Å². The summed E-state index contributed by atoms with van der Waals surface area (Å²) in [4.78, 5) is 12.5. The number of ether oxygens (including phenoxy) is 2. The van der Waals surface area contributed by atoms with Crippen molar-refractivity contribution in [2.45, 2.75) is 6.61 Å². The lowest BCUT2D eigenvalue weighted by Crippen LogP contribution is -2.14. The number of nitrogens with zero attached hydrogens (tertiary/aromatic N) is 2. The number of anilines is 1. The van der Waals surface area contributed by atoms with E-state index in [2.05, 4.69) is 15.2 Å². The van der Waals surface area contributed by atoms with Gasteiger partial charge in [0, 0.05) is 11.8 Å². The van der Waals surface area contributed by atoms with Crippen LogP contribution < -0.4 is 14.8 Å². The maximum Gasteiger partial charge on any atom is 0.387 e. The Bertz CT molecular complexity index is 898. The lowest BCUT2D eigenvalue weighted by Gasteiger charge is -2.08. The highest BCUT2D eigenvalue weighted by atomic mass is 19.3. The molecule has 8 heteroatoms. The monoisotopic (exact) mass is 359 g/mol. The molecule has 3 rings (SSSR count). The van der Waals surface area contributed by atoms with E-state index >= 15 is 0 Å². The molecule has 0 spiro atoms. The van der Waals surface area contributed by atoms with Crippen LogP contribution in [0.4, 0.5) is 14.5 Å². The number of hydrogen-bond donors (Lipinski definition) is 1. The van der Waals surface area contributed by atoms with E-state index in [0.29, 0.717) is 5.69 Å². The van der Waals surface area contributed by atoms with Crippen molar-refractivity contribution < 1.29 is 23.0 Å². The summed E-state index contributed by atoms with van der Waals surface area (Å²) in [6, 6.07) is 14.9. The highest BCUT2D eigenvalue weighted by Gasteiger charge is 2.19. The second-order valence-electron chi connectivity index (χ2n) is 5.19. The number of para-hydroxylation sites is 1. The van der Waals surface area contributed by atoms with Gasteiger partial charge in [-0.1, -0.05) is 24.3 Å². The first-order valence-electron chi connectivity index (χ1n) is 7.62. The molecular weight excluding hydrogens is 344 g/mol. The van der Waals surface area contributed by atoms with Crippen LogP contribution in [-0.4, -0.2) is 29.4 Å². The minimum atomic E-state index is -2.94. The SMILES string of the molecule is COc1cn(-c2ccccc2)nc1C(=O)Nc1cccc(OC(F)F)c1. The minimum Gasteiger partial charge on any atom is -0.493 e. The van der Waals surface area contributed by atoms with Gasteiger partial charge in [-0.3, -0.25) is 4.79 Å². The number of methoxy groups -OCH3 is 1. The van der Waals surface area contributed by atoms with E-state index in [4.69, 9.17) is 4.74 Å². The standard InChI is InChI=1S/C18H15F2N3O3/c1-25-15-11-23(13-7-3-2-4-8-13)22-16(15)17(24)21-12-6-5-9-14(10-12)26-18(19)20/h2-11,18H,1H3,(H,21,24). The number of halogens is 2. The molecular formula is C18H15F2N3O3. The number of hydrogen-bond acceptors (Lipinski definition) is 4. The molecule has 0 radical (unpaired) electrons. The van der Waals surface area contributed by atoms with Crippen LogP contribution in [0, 0.1) is 0 Å². The molecule has 0 bridgehead atoms. The Balaban J connectivity index is 1.83. The zero-order valence-electron chi connectivity index (χ0n) is 13.7. The molecule has 0 aliphatic rings. The number of nitrogens with one attached hydrogen (secondary N) is 1. The Kier molecular flexibility index (Phi) is 5.12. The lowest BCUT2D eigenvalue weighted by atomic mass is 10.3. The van der Waals surface area contributed by atoms with Gasteiger partial charge in [-0.05, 0) is 24.3 Å². The van der Waals surface area contributed by atoms with E-state index < -0.39 is 12.5 Å². The Morgan fingerprint density at radius 3 is 2.62 bits per heavy atom. The van der Waals surface area contributed by atoms with Gasteiger partial charge >= 0.3 is 6.61 Å². The van der Waals surface area contributed by atoms with Gasteiger partial charge in [-0.25, -0.2) is 4.68 Å². The average Bonchev–Trinajstić information content (AvgIpc) is 3.07. The van der Waals surface area contributed by atoms with Gasteiger partial charge in [0.15, 0.2) is 11.4 Å². The molecule has 0 saturated heterocycles. The Morgan fingerprint density at radius 2 is 1.92 bits per heavy atom. The van der Waals surface area contributed by atoms with E-state index in [9.17, 15) is 13.6 Å². The fourth-order valence-corrected chi connectivity index (χ4v) is 2.32. The van der Waals surface area contributed by atoms with E-state index in [-0.39, 0.29) is 17.2 Å². The highest BCUT2D eigenvalue weighted by molar-refractivity contribution is 6.04. The lowest BCUT2D eigenvalue weighted by molar-refractivity contribution is -0.0497. The summed E-state index contributed by atoms with van der Waals surface area (Å²) in [7, 11) is 1.43.